The van der Waals surface area contributed by atoms with Crippen LogP contribution in [-0.4, -0.2) is 25.0 Å². The van der Waals surface area contributed by atoms with Crippen molar-refractivity contribution in [3.8, 4) is 0 Å². The van der Waals surface area contributed by atoms with Crippen LogP contribution in [0.3, 0.4) is 0 Å². The van der Waals surface area contributed by atoms with E-state index in [9.17, 15) is 9.18 Å². The third-order valence-electron chi connectivity index (χ3n) is 3.86. The Labute approximate surface area is 133 Å². The number of ketones is 1. The topological polar surface area (TPSA) is 29.5 Å². The van der Waals surface area contributed by atoms with Crippen molar-refractivity contribution in [3.63, 3.8) is 0 Å². The molecule has 116 valence electrons. The Kier molecular flexibility index (Phi) is 4.27. The lowest BCUT2D eigenvalue weighted by Gasteiger charge is -2.38. The second-order valence-corrected chi connectivity index (χ2v) is 6.37. The van der Waals surface area contributed by atoms with Crippen molar-refractivity contribution in [2.24, 2.45) is 0 Å². The first kappa shape index (κ1) is 15.2. The van der Waals surface area contributed by atoms with Gasteiger partial charge >= 0.3 is 0 Å². The molecule has 0 radical (unpaired) electrons. The summed E-state index contributed by atoms with van der Waals surface area (Å²) < 4.78 is 20.0. The van der Waals surface area contributed by atoms with E-state index >= 15 is 0 Å². The Hall–Kier alpha value is -1.72. The van der Waals surface area contributed by atoms with Gasteiger partial charge in [0.05, 0.1) is 17.4 Å². The summed E-state index contributed by atoms with van der Waals surface area (Å²) in [6.07, 6.45) is -0.0419. The van der Waals surface area contributed by atoms with Gasteiger partial charge in [0.1, 0.15) is 11.9 Å². The fourth-order valence-electron chi connectivity index (χ4n) is 2.92. The molecule has 2 heterocycles. The molecular weight excluding hydrogens is 301 g/mol. The van der Waals surface area contributed by atoms with Gasteiger partial charge in [-0.2, -0.15) is 11.3 Å². The van der Waals surface area contributed by atoms with Crippen molar-refractivity contribution in [1.82, 2.24) is 0 Å². The number of anilines is 1. The number of thiophene rings is 1. The van der Waals surface area contributed by atoms with Gasteiger partial charge in [-0.25, -0.2) is 4.39 Å². The van der Waals surface area contributed by atoms with E-state index in [2.05, 4.69) is 10.3 Å². The Bertz CT molecular complexity index is 671. The molecule has 3 rings (SSSR count). The Morgan fingerprint density at radius 1 is 1.36 bits per heavy atom. The van der Waals surface area contributed by atoms with Crippen LogP contribution in [0.25, 0.3) is 0 Å². The van der Waals surface area contributed by atoms with Gasteiger partial charge in [-0.15, -0.1) is 0 Å². The Balaban J connectivity index is 1.94. The summed E-state index contributed by atoms with van der Waals surface area (Å²) in [6, 6.07) is 6.84. The van der Waals surface area contributed by atoms with Crippen molar-refractivity contribution in [1.29, 1.82) is 0 Å². The highest BCUT2D eigenvalue weighted by Crippen LogP contribution is 2.32. The van der Waals surface area contributed by atoms with Crippen LogP contribution in [0.4, 0.5) is 10.1 Å². The van der Waals surface area contributed by atoms with Crippen molar-refractivity contribution in [3.05, 3.63) is 52.0 Å². The van der Waals surface area contributed by atoms with Gasteiger partial charge < -0.3 is 9.64 Å². The molecule has 2 aromatic rings. The average molecular weight is 319 g/mol. The van der Waals surface area contributed by atoms with Crippen LogP contribution in [0, 0.1) is 5.82 Å². The molecule has 0 spiro atoms. The minimum atomic E-state index is -0.462. The van der Waals surface area contributed by atoms with Crippen LogP contribution in [-0.2, 0) is 4.74 Å². The van der Waals surface area contributed by atoms with E-state index in [1.165, 1.54) is 13.0 Å². The maximum absolute atomic E-state index is 14.0. The number of hydrogen-bond donors (Lipinski definition) is 0. The minimum absolute atomic E-state index is 0.0155. The molecule has 0 saturated carbocycles. The summed E-state index contributed by atoms with van der Waals surface area (Å²) in [6.45, 7) is 4.66. The molecule has 1 aromatic heterocycles. The summed E-state index contributed by atoms with van der Waals surface area (Å²) in [5.41, 5.74) is 1.95. The number of ether oxygens (including phenoxy) is 1. The summed E-state index contributed by atoms with van der Waals surface area (Å²) in [5, 5.41) is 4.09. The molecule has 0 bridgehead atoms. The zero-order chi connectivity index (χ0) is 15.7. The third-order valence-corrected chi connectivity index (χ3v) is 4.56. The van der Waals surface area contributed by atoms with Gasteiger partial charge in [-0.1, -0.05) is 6.07 Å². The SMILES string of the molecule is CC(=O)c1c(F)cccc1N1C[C@@H](C)O[C@H](c2ccsc2)C1. The largest absolute Gasteiger partial charge is 0.367 e. The van der Waals surface area contributed by atoms with Gasteiger partial charge in [0.2, 0.25) is 0 Å². The van der Waals surface area contributed by atoms with Gasteiger partial charge in [0, 0.05) is 13.1 Å². The second-order valence-electron chi connectivity index (χ2n) is 5.59. The maximum Gasteiger partial charge on any atom is 0.164 e. The molecule has 0 aliphatic carbocycles. The quantitative estimate of drug-likeness (QED) is 0.799. The number of halogens is 1. The van der Waals surface area contributed by atoms with Crippen molar-refractivity contribution in [2.75, 3.05) is 18.0 Å². The molecule has 0 unspecified atom stereocenters. The van der Waals surface area contributed by atoms with Gasteiger partial charge in [-0.3, -0.25) is 4.79 Å². The van der Waals surface area contributed by atoms with Crippen LogP contribution in [0.2, 0.25) is 0 Å². The van der Waals surface area contributed by atoms with E-state index in [0.717, 1.165) is 5.56 Å². The first-order valence-corrected chi connectivity index (χ1v) is 8.22. The summed E-state index contributed by atoms with van der Waals surface area (Å²) in [5.74, 6) is -0.712. The van der Waals surface area contributed by atoms with E-state index in [0.29, 0.717) is 18.8 Å². The standard InChI is InChI=1S/C17H18FNO2S/c1-11-8-19(9-16(21-11)13-6-7-22-10-13)15-5-3-4-14(18)17(15)12(2)20/h3-7,10-11,16H,8-9H2,1-2H3/t11-,16+/m1/s1. The van der Waals surface area contributed by atoms with Crippen molar-refractivity contribution < 1.29 is 13.9 Å². The second kappa shape index (κ2) is 6.18. The molecule has 1 fully saturated rings. The normalized spacial score (nSPS) is 21.9. The van der Waals surface area contributed by atoms with Crippen molar-refractivity contribution >= 4 is 22.8 Å². The first-order chi connectivity index (χ1) is 10.6. The minimum Gasteiger partial charge on any atom is -0.367 e. The zero-order valence-electron chi connectivity index (χ0n) is 12.6. The molecule has 5 heteroatoms. The molecule has 22 heavy (non-hydrogen) atoms. The highest BCUT2D eigenvalue weighted by molar-refractivity contribution is 7.07. The lowest BCUT2D eigenvalue weighted by molar-refractivity contribution is -0.0172. The van der Waals surface area contributed by atoms with Crippen LogP contribution in [0.1, 0.15) is 35.9 Å². The van der Waals surface area contributed by atoms with Gasteiger partial charge in [-0.05, 0) is 48.4 Å². The fraction of sp³-hybridized carbons (Fsp3) is 0.353. The first-order valence-electron chi connectivity index (χ1n) is 7.28. The Morgan fingerprint density at radius 2 is 2.18 bits per heavy atom. The monoisotopic (exact) mass is 319 g/mol. The maximum atomic E-state index is 14.0. The lowest BCUT2D eigenvalue weighted by Crippen LogP contribution is -2.43. The van der Waals surface area contributed by atoms with Crippen LogP contribution >= 0.6 is 11.3 Å². The van der Waals surface area contributed by atoms with E-state index < -0.39 is 5.82 Å². The summed E-state index contributed by atoms with van der Waals surface area (Å²) >= 11 is 1.63. The molecule has 1 saturated heterocycles. The number of carbonyl (C=O) groups is 1. The highest BCUT2D eigenvalue weighted by atomic mass is 32.1. The smallest absolute Gasteiger partial charge is 0.164 e. The predicted octanol–water partition coefficient (Wildman–Crippen LogP) is 4.06. The van der Waals surface area contributed by atoms with E-state index in [1.54, 1.807) is 17.4 Å². The fourth-order valence-corrected chi connectivity index (χ4v) is 3.62. The molecule has 1 aliphatic rings. The van der Waals surface area contributed by atoms with Crippen LogP contribution < -0.4 is 4.90 Å². The molecular formula is C17H18FNO2S. The van der Waals surface area contributed by atoms with E-state index in [1.807, 2.05) is 24.4 Å². The van der Waals surface area contributed by atoms with Crippen LogP contribution in [0.5, 0.6) is 0 Å². The number of rotatable bonds is 3. The molecule has 2 atom stereocenters. The molecule has 1 aliphatic heterocycles. The van der Waals surface area contributed by atoms with E-state index in [-0.39, 0.29) is 23.6 Å². The molecule has 3 nitrogen and oxygen atoms in total. The number of benzene rings is 1. The number of hydrogen-bond acceptors (Lipinski definition) is 4. The summed E-state index contributed by atoms with van der Waals surface area (Å²) in [7, 11) is 0. The molecule has 1 aromatic carbocycles. The zero-order valence-corrected chi connectivity index (χ0v) is 13.4. The van der Waals surface area contributed by atoms with Crippen molar-refractivity contribution in [2.45, 2.75) is 26.1 Å². The lowest BCUT2D eigenvalue weighted by atomic mass is 10.0. The third kappa shape index (κ3) is 2.91. The highest BCUT2D eigenvalue weighted by Gasteiger charge is 2.29. The number of Topliss-reactive ketones (excluding diaryl/α,β-unsaturated/α-hetero) is 1. The Morgan fingerprint density at radius 3 is 2.86 bits per heavy atom. The summed E-state index contributed by atoms with van der Waals surface area (Å²) in [4.78, 5) is 13.9. The number of morpholine rings is 1. The molecule has 0 amide bonds. The van der Waals surface area contributed by atoms with Gasteiger partial charge in [0.15, 0.2) is 5.78 Å². The average Bonchev–Trinajstić information content (AvgIpc) is 3.00. The van der Waals surface area contributed by atoms with Crippen LogP contribution in [0.15, 0.2) is 35.0 Å². The van der Waals surface area contributed by atoms with E-state index in [4.69, 9.17) is 4.74 Å². The molecule has 0 N–H and O–H groups in total. The number of carbonyl (C=O) groups excluding carboxylic acids is 1. The number of nitrogens with zero attached hydrogens (tertiary/aromatic N) is 1. The van der Waals surface area contributed by atoms with Gasteiger partial charge in [0.25, 0.3) is 0 Å². The predicted molar refractivity (Wildman–Crippen MR) is 86.2 cm³/mol.